The quantitative estimate of drug-likeness (QED) is 0.862. The summed E-state index contributed by atoms with van der Waals surface area (Å²) in [5.41, 5.74) is 6.24. The molecule has 20 heavy (non-hydrogen) atoms. The standard InChI is InChI=1S/C15H16FNO2S/c16-13-6-8-14(9-7-13)20(18,19)15(10-11-17)12-4-2-1-3-5-12/h1-9,15H,10-11,17H2. The normalized spacial score (nSPS) is 13.1. The fourth-order valence-corrected chi connectivity index (χ4v) is 3.91. The molecule has 0 saturated carbocycles. The van der Waals surface area contributed by atoms with E-state index in [1.807, 2.05) is 6.07 Å². The summed E-state index contributed by atoms with van der Waals surface area (Å²) < 4.78 is 38.2. The van der Waals surface area contributed by atoms with Crippen LogP contribution < -0.4 is 5.73 Å². The Balaban J connectivity index is 2.45. The summed E-state index contributed by atoms with van der Waals surface area (Å²) in [7, 11) is -3.58. The van der Waals surface area contributed by atoms with Gasteiger partial charge in [0.1, 0.15) is 5.82 Å². The van der Waals surface area contributed by atoms with E-state index in [1.54, 1.807) is 24.3 Å². The molecule has 1 atom stereocenters. The molecule has 0 spiro atoms. The van der Waals surface area contributed by atoms with Gasteiger partial charge in [0, 0.05) is 0 Å². The predicted octanol–water partition coefficient (Wildman–Crippen LogP) is 2.69. The summed E-state index contributed by atoms with van der Waals surface area (Å²) >= 11 is 0. The van der Waals surface area contributed by atoms with Gasteiger partial charge in [-0.25, -0.2) is 12.8 Å². The van der Waals surface area contributed by atoms with Crippen LogP contribution >= 0.6 is 0 Å². The maximum absolute atomic E-state index is 12.9. The number of nitrogens with two attached hydrogens (primary N) is 1. The molecule has 0 aliphatic heterocycles. The highest BCUT2D eigenvalue weighted by Crippen LogP contribution is 2.31. The molecule has 0 aliphatic rings. The van der Waals surface area contributed by atoms with Gasteiger partial charge in [0.15, 0.2) is 9.84 Å². The molecule has 2 N–H and O–H groups in total. The van der Waals surface area contributed by atoms with Crippen LogP contribution in [0.4, 0.5) is 4.39 Å². The van der Waals surface area contributed by atoms with Crippen LogP contribution in [0, 0.1) is 5.82 Å². The highest BCUT2D eigenvalue weighted by molar-refractivity contribution is 7.91. The summed E-state index contributed by atoms with van der Waals surface area (Å²) in [6.07, 6.45) is 0.323. The molecule has 106 valence electrons. The molecular weight excluding hydrogens is 277 g/mol. The smallest absolute Gasteiger partial charge is 0.185 e. The molecule has 0 aromatic heterocycles. The van der Waals surface area contributed by atoms with Gasteiger partial charge in [0.2, 0.25) is 0 Å². The fourth-order valence-electron chi connectivity index (χ4n) is 2.11. The summed E-state index contributed by atoms with van der Waals surface area (Å²) in [5.74, 6) is -0.459. The number of halogens is 1. The Morgan fingerprint density at radius 3 is 2.15 bits per heavy atom. The van der Waals surface area contributed by atoms with Gasteiger partial charge >= 0.3 is 0 Å². The summed E-state index contributed by atoms with van der Waals surface area (Å²) in [4.78, 5) is 0.112. The van der Waals surface area contributed by atoms with Gasteiger partial charge in [-0.3, -0.25) is 0 Å². The van der Waals surface area contributed by atoms with E-state index in [0.717, 1.165) is 12.1 Å². The molecule has 5 heteroatoms. The lowest BCUT2D eigenvalue weighted by atomic mass is 10.1. The van der Waals surface area contributed by atoms with E-state index < -0.39 is 20.9 Å². The highest BCUT2D eigenvalue weighted by atomic mass is 32.2. The summed E-state index contributed by atoms with van der Waals surface area (Å²) in [5, 5.41) is -0.709. The number of rotatable bonds is 5. The second-order valence-electron chi connectivity index (χ2n) is 4.48. The highest BCUT2D eigenvalue weighted by Gasteiger charge is 2.28. The van der Waals surface area contributed by atoms with E-state index in [1.165, 1.54) is 12.1 Å². The van der Waals surface area contributed by atoms with E-state index in [-0.39, 0.29) is 11.4 Å². The van der Waals surface area contributed by atoms with Gasteiger partial charge in [-0.2, -0.15) is 0 Å². The maximum Gasteiger partial charge on any atom is 0.185 e. The van der Waals surface area contributed by atoms with E-state index >= 15 is 0 Å². The molecule has 0 saturated heterocycles. The molecule has 0 radical (unpaired) electrons. The Hall–Kier alpha value is -1.72. The van der Waals surface area contributed by atoms with Gasteiger partial charge in [-0.05, 0) is 42.8 Å². The molecule has 0 aliphatic carbocycles. The third kappa shape index (κ3) is 3.05. The van der Waals surface area contributed by atoms with Crippen LogP contribution in [0.25, 0.3) is 0 Å². The van der Waals surface area contributed by atoms with E-state index in [2.05, 4.69) is 0 Å². The van der Waals surface area contributed by atoms with Crippen LogP contribution in [0.2, 0.25) is 0 Å². The zero-order valence-corrected chi connectivity index (χ0v) is 11.7. The average Bonchev–Trinajstić information content (AvgIpc) is 2.46. The minimum atomic E-state index is -3.58. The van der Waals surface area contributed by atoms with Crippen molar-refractivity contribution in [2.45, 2.75) is 16.6 Å². The zero-order valence-electron chi connectivity index (χ0n) is 10.9. The predicted molar refractivity (Wildman–Crippen MR) is 76.4 cm³/mol. The molecule has 0 amide bonds. The summed E-state index contributed by atoms with van der Waals surface area (Å²) in [6.45, 7) is 0.264. The fraction of sp³-hybridized carbons (Fsp3) is 0.200. The van der Waals surface area contributed by atoms with Crippen LogP contribution in [0.15, 0.2) is 59.5 Å². The van der Waals surface area contributed by atoms with Crippen molar-refractivity contribution < 1.29 is 12.8 Å². The van der Waals surface area contributed by atoms with Crippen molar-refractivity contribution in [3.05, 3.63) is 66.0 Å². The third-order valence-corrected chi connectivity index (χ3v) is 5.30. The van der Waals surface area contributed by atoms with Crippen molar-refractivity contribution in [3.8, 4) is 0 Å². The van der Waals surface area contributed by atoms with Gasteiger partial charge in [-0.1, -0.05) is 30.3 Å². The largest absolute Gasteiger partial charge is 0.330 e. The van der Waals surface area contributed by atoms with Crippen LogP contribution in [0.5, 0.6) is 0 Å². The Morgan fingerprint density at radius 1 is 1.00 bits per heavy atom. The Kier molecular flexibility index (Phi) is 4.52. The SMILES string of the molecule is NCCC(c1ccccc1)S(=O)(=O)c1ccc(F)cc1. The summed E-state index contributed by atoms with van der Waals surface area (Å²) in [6, 6.07) is 13.8. The molecular formula is C15H16FNO2S. The maximum atomic E-state index is 12.9. The van der Waals surface area contributed by atoms with Crippen molar-refractivity contribution in [1.82, 2.24) is 0 Å². The number of hydrogen-bond acceptors (Lipinski definition) is 3. The molecule has 0 fully saturated rings. The van der Waals surface area contributed by atoms with Crippen molar-refractivity contribution in [2.24, 2.45) is 5.73 Å². The molecule has 3 nitrogen and oxygen atoms in total. The van der Waals surface area contributed by atoms with Crippen LogP contribution in [-0.4, -0.2) is 15.0 Å². The zero-order chi connectivity index (χ0) is 14.6. The van der Waals surface area contributed by atoms with Gasteiger partial charge in [0.25, 0.3) is 0 Å². The molecule has 0 bridgehead atoms. The topological polar surface area (TPSA) is 60.2 Å². The second kappa shape index (κ2) is 6.15. The molecule has 0 heterocycles. The van der Waals surface area contributed by atoms with E-state index in [0.29, 0.717) is 12.0 Å². The average molecular weight is 293 g/mol. The number of sulfone groups is 1. The minimum absolute atomic E-state index is 0.112. The van der Waals surface area contributed by atoms with Crippen molar-refractivity contribution >= 4 is 9.84 Å². The van der Waals surface area contributed by atoms with E-state index in [9.17, 15) is 12.8 Å². The lowest BCUT2D eigenvalue weighted by Crippen LogP contribution is -2.17. The van der Waals surface area contributed by atoms with Gasteiger partial charge in [-0.15, -0.1) is 0 Å². The van der Waals surface area contributed by atoms with Crippen molar-refractivity contribution in [3.63, 3.8) is 0 Å². The van der Waals surface area contributed by atoms with Crippen LogP contribution in [0.3, 0.4) is 0 Å². The molecule has 2 rings (SSSR count). The number of benzene rings is 2. The second-order valence-corrected chi connectivity index (χ2v) is 6.61. The lowest BCUT2D eigenvalue weighted by Gasteiger charge is -2.17. The third-order valence-electron chi connectivity index (χ3n) is 3.12. The molecule has 2 aromatic carbocycles. The van der Waals surface area contributed by atoms with Crippen LogP contribution in [-0.2, 0) is 9.84 Å². The van der Waals surface area contributed by atoms with Gasteiger partial charge in [0.05, 0.1) is 10.1 Å². The van der Waals surface area contributed by atoms with Gasteiger partial charge < -0.3 is 5.73 Å². The number of hydrogen-bond donors (Lipinski definition) is 1. The minimum Gasteiger partial charge on any atom is -0.330 e. The van der Waals surface area contributed by atoms with Crippen molar-refractivity contribution in [2.75, 3.05) is 6.54 Å². The Morgan fingerprint density at radius 2 is 1.60 bits per heavy atom. The van der Waals surface area contributed by atoms with Crippen molar-refractivity contribution in [1.29, 1.82) is 0 Å². The molecule has 2 aromatic rings. The Bertz CT molecular complexity index is 654. The van der Waals surface area contributed by atoms with Crippen LogP contribution in [0.1, 0.15) is 17.2 Å². The first kappa shape index (κ1) is 14.7. The first-order chi connectivity index (χ1) is 9.55. The Labute approximate surface area is 118 Å². The first-order valence-corrected chi connectivity index (χ1v) is 7.85. The monoisotopic (exact) mass is 293 g/mol. The lowest BCUT2D eigenvalue weighted by molar-refractivity contribution is 0.575. The molecule has 1 unspecified atom stereocenters. The first-order valence-electron chi connectivity index (χ1n) is 6.30. The van der Waals surface area contributed by atoms with E-state index in [4.69, 9.17) is 5.73 Å².